The van der Waals surface area contributed by atoms with E-state index in [0.29, 0.717) is 38.9 Å². The van der Waals surface area contributed by atoms with Gasteiger partial charge in [-0.1, -0.05) is 39.3 Å². The first-order valence-electron chi connectivity index (χ1n) is 20.0. The summed E-state index contributed by atoms with van der Waals surface area (Å²) in [5.41, 5.74) is 2.89. The number of carbonyl (C=O) groups excluding carboxylic acids is 5. The Bertz CT molecular complexity index is 2210. The third-order valence-electron chi connectivity index (χ3n) is 12.9. The highest BCUT2D eigenvalue weighted by Crippen LogP contribution is 2.55. The minimum Gasteiger partial charge on any atom is -0.489 e. The second-order valence-electron chi connectivity index (χ2n) is 17.4. The van der Waals surface area contributed by atoms with Gasteiger partial charge in [-0.05, 0) is 79.9 Å². The maximum absolute atomic E-state index is 13.4. The minimum absolute atomic E-state index is 0.0901. The van der Waals surface area contributed by atoms with Crippen molar-refractivity contribution in [1.82, 2.24) is 20.4 Å². The van der Waals surface area contributed by atoms with Gasteiger partial charge in [0.05, 0.1) is 21.7 Å². The Hall–Kier alpha value is -5.45. The van der Waals surface area contributed by atoms with Gasteiger partial charge in [0.1, 0.15) is 24.0 Å². The Kier molecular flexibility index (Phi) is 10.2. The average molecular weight is 806 g/mol. The van der Waals surface area contributed by atoms with Crippen LogP contribution in [0.15, 0.2) is 60.7 Å². The third kappa shape index (κ3) is 7.06. The van der Waals surface area contributed by atoms with Crippen molar-refractivity contribution in [2.45, 2.75) is 65.1 Å². The molecule has 5 aliphatic rings. The molecule has 8 rings (SSSR count). The Morgan fingerprint density at radius 1 is 0.879 bits per heavy atom. The van der Waals surface area contributed by atoms with Crippen LogP contribution in [0.2, 0.25) is 5.02 Å². The number of halogens is 1. The summed E-state index contributed by atoms with van der Waals surface area (Å²) in [6.07, 6.45) is 1.14. The smallest absolute Gasteiger partial charge is 0.262 e. The summed E-state index contributed by atoms with van der Waals surface area (Å²) in [5, 5.41) is 15.1. The molecule has 1 saturated carbocycles. The summed E-state index contributed by atoms with van der Waals surface area (Å²) in [6, 6.07) is 19.2. The van der Waals surface area contributed by atoms with E-state index in [1.54, 1.807) is 30.3 Å². The van der Waals surface area contributed by atoms with E-state index in [9.17, 15) is 29.2 Å². The van der Waals surface area contributed by atoms with Crippen molar-refractivity contribution in [2.75, 3.05) is 55.6 Å². The number of ether oxygens (including phenoxy) is 1. The number of rotatable bonds is 10. The highest BCUT2D eigenvalue weighted by Gasteiger charge is 2.64. The highest BCUT2D eigenvalue weighted by atomic mass is 35.5. The number of piperidine rings is 1. The monoisotopic (exact) mass is 805 g/mol. The van der Waals surface area contributed by atoms with E-state index in [-0.39, 0.29) is 41.7 Å². The third-order valence-corrected chi connectivity index (χ3v) is 13.2. The molecule has 1 aliphatic carbocycles. The molecule has 0 bridgehead atoms. The maximum atomic E-state index is 13.4. The van der Waals surface area contributed by atoms with Gasteiger partial charge in [-0.15, -0.1) is 0 Å². The predicted molar refractivity (Wildman–Crippen MR) is 218 cm³/mol. The van der Waals surface area contributed by atoms with Gasteiger partial charge in [0, 0.05) is 85.6 Å². The van der Waals surface area contributed by atoms with E-state index < -0.39 is 29.7 Å². The Labute approximate surface area is 343 Å². The summed E-state index contributed by atoms with van der Waals surface area (Å²) in [7, 11) is 0. The first kappa shape index (κ1) is 39.4. The molecule has 4 heterocycles. The molecule has 302 valence electrons. The SMILES string of the molecule is CC1(C)C(NC(=O)c2ccc(N3CC(CCN4CCN(c5ccc6c(c5)C(=O)N(C5CCC(=O)NC5=O)C6=O)CC4)C3)cc2)C(C)(C)C1Oc1ccc(C#N)c(Cl)c1. The topological polar surface area (TPSA) is 155 Å². The lowest BCUT2D eigenvalue weighted by molar-refractivity contribution is -0.164. The quantitative estimate of drug-likeness (QED) is 0.271. The number of nitrogens with one attached hydrogen (secondary N) is 2. The molecule has 1 unspecified atom stereocenters. The molecular weight excluding hydrogens is 758 g/mol. The summed E-state index contributed by atoms with van der Waals surface area (Å²) in [5.74, 6) is -0.913. The van der Waals surface area contributed by atoms with E-state index in [1.165, 1.54) is 0 Å². The van der Waals surface area contributed by atoms with Crippen LogP contribution in [0, 0.1) is 28.1 Å². The Balaban J connectivity index is 0.772. The van der Waals surface area contributed by atoms with Crippen LogP contribution in [0.1, 0.15) is 83.6 Å². The predicted octanol–water partition coefficient (Wildman–Crippen LogP) is 4.87. The molecule has 2 N–H and O–H groups in total. The largest absolute Gasteiger partial charge is 0.489 e. The standard InChI is InChI=1S/C44H48ClN7O6/c1-43(2)41(44(3,4)42(43)58-31-11-7-28(23-46)34(45)22-31)48-37(54)27-5-8-29(9-6-27)51-24-26(25-51)15-16-49-17-19-50(20-18-49)30-10-12-32-33(21-30)40(57)52(39(32)56)35-13-14-36(53)47-38(35)55/h5-12,21-22,26,35,41-42H,13-20,24-25H2,1-4H3,(H,48,54)(H,47,53,55). The molecule has 5 amide bonds. The summed E-state index contributed by atoms with van der Waals surface area (Å²) in [4.78, 5) is 71.9. The number of carbonyl (C=O) groups is 5. The van der Waals surface area contributed by atoms with Crippen LogP contribution < -0.4 is 25.2 Å². The van der Waals surface area contributed by atoms with Gasteiger partial charge < -0.3 is 19.9 Å². The Morgan fingerprint density at radius 2 is 1.55 bits per heavy atom. The van der Waals surface area contributed by atoms with Crippen molar-refractivity contribution < 1.29 is 28.7 Å². The normalized spacial score (nSPS) is 24.1. The summed E-state index contributed by atoms with van der Waals surface area (Å²) in [6.45, 7) is 14.7. The van der Waals surface area contributed by atoms with Crippen LogP contribution in [-0.4, -0.2) is 103 Å². The van der Waals surface area contributed by atoms with Gasteiger partial charge in [-0.3, -0.25) is 39.1 Å². The molecule has 0 aromatic heterocycles. The van der Waals surface area contributed by atoms with Gasteiger partial charge in [-0.25, -0.2) is 0 Å². The highest BCUT2D eigenvalue weighted by molar-refractivity contribution is 6.31. The number of hydrogen-bond donors (Lipinski definition) is 2. The van der Waals surface area contributed by atoms with Crippen molar-refractivity contribution in [3.63, 3.8) is 0 Å². The molecule has 4 fully saturated rings. The Morgan fingerprint density at radius 3 is 2.21 bits per heavy atom. The lowest BCUT2D eigenvalue weighted by Gasteiger charge is -2.63. The van der Waals surface area contributed by atoms with Gasteiger partial charge in [0.2, 0.25) is 11.8 Å². The van der Waals surface area contributed by atoms with E-state index >= 15 is 0 Å². The van der Waals surface area contributed by atoms with E-state index in [4.69, 9.17) is 16.3 Å². The van der Waals surface area contributed by atoms with Crippen molar-refractivity contribution in [3.8, 4) is 11.8 Å². The van der Waals surface area contributed by atoms with Gasteiger partial charge in [0.15, 0.2) is 0 Å². The molecule has 0 radical (unpaired) electrons. The van der Waals surface area contributed by atoms with E-state index in [1.807, 2.05) is 30.3 Å². The van der Waals surface area contributed by atoms with Crippen LogP contribution in [0.5, 0.6) is 5.75 Å². The second kappa shape index (κ2) is 15.1. The molecular formula is C44H48ClN7O6. The first-order valence-corrected chi connectivity index (χ1v) is 20.4. The fourth-order valence-corrected chi connectivity index (χ4v) is 10.1. The number of piperazine rings is 1. The van der Waals surface area contributed by atoms with Gasteiger partial charge in [-0.2, -0.15) is 5.26 Å². The average Bonchev–Trinajstić information content (AvgIpc) is 3.43. The van der Waals surface area contributed by atoms with Crippen molar-refractivity contribution in [2.24, 2.45) is 16.7 Å². The summed E-state index contributed by atoms with van der Waals surface area (Å²) < 4.78 is 6.37. The lowest BCUT2D eigenvalue weighted by Crippen LogP contribution is -2.74. The van der Waals surface area contributed by atoms with E-state index in [2.05, 4.69) is 59.1 Å². The van der Waals surface area contributed by atoms with Crippen LogP contribution >= 0.6 is 11.6 Å². The van der Waals surface area contributed by atoms with Gasteiger partial charge >= 0.3 is 0 Å². The molecule has 0 spiro atoms. The fraction of sp³-hybridized carbons (Fsp3) is 0.455. The van der Waals surface area contributed by atoms with Gasteiger partial charge in [0.25, 0.3) is 17.7 Å². The number of benzene rings is 3. The zero-order valence-electron chi connectivity index (χ0n) is 33.2. The number of nitrogens with zero attached hydrogens (tertiary/aromatic N) is 5. The lowest BCUT2D eigenvalue weighted by atomic mass is 9.49. The number of imide groups is 2. The molecule has 3 aromatic rings. The minimum atomic E-state index is -0.974. The number of fused-ring (bicyclic) bond motifs is 1. The molecule has 3 saturated heterocycles. The van der Waals surface area contributed by atoms with Crippen LogP contribution in [-0.2, 0) is 9.59 Å². The fourth-order valence-electron chi connectivity index (χ4n) is 9.85. The van der Waals surface area contributed by atoms with E-state index in [0.717, 1.165) is 68.5 Å². The molecule has 58 heavy (non-hydrogen) atoms. The van der Waals surface area contributed by atoms with Crippen LogP contribution in [0.3, 0.4) is 0 Å². The van der Waals surface area contributed by atoms with Crippen molar-refractivity contribution in [3.05, 3.63) is 87.9 Å². The van der Waals surface area contributed by atoms with Crippen LogP contribution in [0.25, 0.3) is 0 Å². The number of nitriles is 1. The zero-order chi connectivity index (χ0) is 41.1. The van der Waals surface area contributed by atoms with Crippen molar-refractivity contribution >= 4 is 52.5 Å². The number of amides is 5. The molecule has 4 aliphatic heterocycles. The molecule has 1 atom stereocenters. The van der Waals surface area contributed by atoms with Crippen LogP contribution in [0.4, 0.5) is 11.4 Å². The maximum Gasteiger partial charge on any atom is 0.262 e. The molecule has 13 nitrogen and oxygen atoms in total. The molecule has 3 aromatic carbocycles. The number of hydrogen-bond acceptors (Lipinski definition) is 10. The number of anilines is 2. The van der Waals surface area contributed by atoms with Crippen molar-refractivity contribution in [1.29, 1.82) is 5.26 Å². The zero-order valence-corrected chi connectivity index (χ0v) is 34.0. The summed E-state index contributed by atoms with van der Waals surface area (Å²) >= 11 is 6.24. The first-order chi connectivity index (χ1) is 27.6. The second-order valence-corrected chi connectivity index (χ2v) is 17.8. The molecule has 14 heteroatoms.